The number of carbonyl (C=O) groups excluding carboxylic acids is 1. The predicted molar refractivity (Wildman–Crippen MR) is 72.7 cm³/mol. The van der Waals surface area contributed by atoms with Crippen molar-refractivity contribution in [2.45, 2.75) is 18.2 Å². The summed E-state index contributed by atoms with van der Waals surface area (Å²) in [7, 11) is -2.26. The molecule has 0 fully saturated rings. The molecule has 2 aromatic heterocycles. The maximum atomic E-state index is 12.2. The molecule has 0 aliphatic carbocycles. The Morgan fingerprint density at radius 2 is 2.20 bits per heavy atom. The van der Waals surface area contributed by atoms with Crippen molar-refractivity contribution in [3.05, 3.63) is 29.7 Å². The van der Waals surface area contributed by atoms with Gasteiger partial charge >= 0.3 is 0 Å². The highest BCUT2D eigenvalue weighted by atomic mass is 32.2. The van der Waals surface area contributed by atoms with Crippen LogP contribution < -0.4 is 10.5 Å². The SMILES string of the molecule is CCc1cc(NS(=O)(=O)c2cc(C(N)=O)n(C)c2)n[nH]1. The van der Waals surface area contributed by atoms with E-state index in [1.165, 1.54) is 16.8 Å². The third-order valence-electron chi connectivity index (χ3n) is 2.79. The molecule has 2 heterocycles. The molecule has 2 aromatic rings. The molecule has 8 nitrogen and oxygen atoms in total. The van der Waals surface area contributed by atoms with Gasteiger partial charge in [-0.25, -0.2) is 8.42 Å². The summed E-state index contributed by atoms with van der Waals surface area (Å²) >= 11 is 0. The van der Waals surface area contributed by atoms with Crippen molar-refractivity contribution in [2.24, 2.45) is 12.8 Å². The summed E-state index contributed by atoms with van der Waals surface area (Å²) in [4.78, 5) is 11.1. The predicted octanol–water partition coefficient (Wildman–Crippen LogP) is 0.210. The van der Waals surface area contributed by atoms with E-state index in [1.54, 1.807) is 13.1 Å². The van der Waals surface area contributed by atoms with Gasteiger partial charge in [-0.2, -0.15) is 5.10 Å². The minimum atomic E-state index is -3.80. The van der Waals surface area contributed by atoms with Crippen LogP contribution in [0.2, 0.25) is 0 Å². The van der Waals surface area contributed by atoms with Crippen LogP contribution in [-0.2, 0) is 23.5 Å². The number of aromatic amines is 1. The lowest BCUT2D eigenvalue weighted by Gasteiger charge is -2.01. The third-order valence-corrected chi connectivity index (χ3v) is 4.12. The zero-order chi connectivity index (χ0) is 14.9. The van der Waals surface area contributed by atoms with Crippen LogP contribution in [-0.4, -0.2) is 29.1 Å². The molecule has 4 N–H and O–H groups in total. The van der Waals surface area contributed by atoms with Gasteiger partial charge in [-0.3, -0.25) is 14.6 Å². The standard InChI is InChI=1S/C11H15N5O3S/c1-3-7-4-10(14-13-7)15-20(18,19)8-5-9(11(12)17)16(2)6-8/h4-6H,3H2,1-2H3,(H2,12,17)(H2,13,14,15). The van der Waals surface area contributed by atoms with Crippen molar-refractivity contribution in [3.63, 3.8) is 0 Å². The lowest BCUT2D eigenvalue weighted by Crippen LogP contribution is -2.14. The largest absolute Gasteiger partial charge is 0.364 e. The van der Waals surface area contributed by atoms with Crippen LogP contribution in [0, 0.1) is 0 Å². The lowest BCUT2D eigenvalue weighted by atomic mass is 10.3. The summed E-state index contributed by atoms with van der Waals surface area (Å²) in [5.41, 5.74) is 6.08. The molecule has 0 saturated carbocycles. The molecule has 9 heteroatoms. The fraction of sp³-hybridized carbons (Fsp3) is 0.273. The second-order valence-electron chi connectivity index (χ2n) is 4.27. The second-order valence-corrected chi connectivity index (χ2v) is 5.96. The molecule has 0 atom stereocenters. The number of hydrogen-bond acceptors (Lipinski definition) is 4. The van der Waals surface area contributed by atoms with Crippen molar-refractivity contribution >= 4 is 21.7 Å². The van der Waals surface area contributed by atoms with Gasteiger partial charge in [0.2, 0.25) is 0 Å². The van der Waals surface area contributed by atoms with Gasteiger partial charge < -0.3 is 10.3 Å². The Balaban J connectivity index is 2.30. The monoisotopic (exact) mass is 297 g/mol. The van der Waals surface area contributed by atoms with Crippen molar-refractivity contribution in [2.75, 3.05) is 4.72 Å². The number of hydrogen-bond donors (Lipinski definition) is 3. The smallest absolute Gasteiger partial charge is 0.265 e. The molecule has 108 valence electrons. The minimum Gasteiger partial charge on any atom is -0.364 e. The molecule has 0 unspecified atom stereocenters. The van der Waals surface area contributed by atoms with E-state index in [2.05, 4.69) is 14.9 Å². The number of rotatable bonds is 5. The average Bonchev–Trinajstić information content (AvgIpc) is 2.95. The number of nitrogens with one attached hydrogen (secondary N) is 2. The third kappa shape index (κ3) is 2.67. The van der Waals surface area contributed by atoms with Gasteiger partial charge in [0.05, 0.1) is 0 Å². The number of H-pyrrole nitrogens is 1. The van der Waals surface area contributed by atoms with Gasteiger partial charge in [-0.1, -0.05) is 6.92 Å². The van der Waals surface area contributed by atoms with E-state index in [4.69, 9.17) is 5.73 Å². The second kappa shape index (κ2) is 5.00. The molecule has 0 radical (unpaired) electrons. The van der Waals surface area contributed by atoms with Gasteiger partial charge in [0.15, 0.2) is 5.82 Å². The Morgan fingerprint density at radius 1 is 1.50 bits per heavy atom. The van der Waals surface area contributed by atoms with Crippen LogP contribution in [0.4, 0.5) is 5.82 Å². The maximum absolute atomic E-state index is 12.2. The van der Waals surface area contributed by atoms with Crippen molar-refractivity contribution in [3.8, 4) is 0 Å². The van der Waals surface area contributed by atoms with Crippen LogP contribution >= 0.6 is 0 Å². The fourth-order valence-corrected chi connectivity index (χ4v) is 2.78. The summed E-state index contributed by atoms with van der Waals surface area (Å²) in [6.07, 6.45) is 2.03. The van der Waals surface area contributed by atoms with Gasteiger partial charge in [0, 0.05) is 25.0 Å². The number of aromatic nitrogens is 3. The number of sulfonamides is 1. The van der Waals surface area contributed by atoms with Crippen LogP contribution in [0.5, 0.6) is 0 Å². The summed E-state index contributed by atoms with van der Waals surface area (Å²) in [5.74, 6) is -0.492. The number of primary amides is 1. The summed E-state index contributed by atoms with van der Waals surface area (Å²) in [6, 6.07) is 2.83. The lowest BCUT2D eigenvalue weighted by molar-refractivity contribution is 0.0992. The van der Waals surface area contributed by atoms with Crippen LogP contribution in [0.25, 0.3) is 0 Å². The molecule has 20 heavy (non-hydrogen) atoms. The van der Waals surface area contributed by atoms with Gasteiger partial charge in [-0.15, -0.1) is 0 Å². The number of carbonyl (C=O) groups is 1. The first-order chi connectivity index (χ1) is 9.33. The van der Waals surface area contributed by atoms with Gasteiger partial charge in [-0.05, 0) is 12.5 Å². The van der Waals surface area contributed by atoms with Crippen LogP contribution in [0.1, 0.15) is 23.1 Å². The first kappa shape index (κ1) is 14.1. The van der Waals surface area contributed by atoms with Crippen molar-refractivity contribution in [1.29, 1.82) is 0 Å². The zero-order valence-corrected chi connectivity index (χ0v) is 11.9. The zero-order valence-electron chi connectivity index (χ0n) is 11.0. The molecule has 2 rings (SSSR count). The molecule has 0 saturated heterocycles. The van der Waals surface area contributed by atoms with Crippen LogP contribution in [0.3, 0.4) is 0 Å². The summed E-state index contributed by atoms with van der Waals surface area (Å²) in [5, 5.41) is 6.56. The Hall–Kier alpha value is -2.29. The highest BCUT2D eigenvalue weighted by molar-refractivity contribution is 7.92. The molecule has 1 amide bonds. The number of amides is 1. The molecule has 0 aromatic carbocycles. The van der Waals surface area contributed by atoms with E-state index in [9.17, 15) is 13.2 Å². The molecule has 0 spiro atoms. The number of nitrogens with two attached hydrogens (primary N) is 1. The first-order valence-electron chi connectivity index (χ1n) is 5.86. The molecular weight excluding hydrogens is 282 g/mol. The number of anilines is 1. The highest BCUT2D eigenvalue weighted by Crippen LogP contribution is 2.17. The van der Waals surface area contributed by atoms with Crippen molar-refractivity contribution < 1.29 is 13.2 Å². The van der Waals surface area contributed by atoms with Crippen LogP contribution in [0.15, 0.2) is 23.2 Å². The van der Waals surface area contributed by atoms with E-state index in [1.807, 2.05) is 6.92 Å². The molecule has 0 bridgehead atoms. The van der Waals surface area contributed by atoms with E-state index in [0.717, 1.165) is 5.69 Å². The molecule has 0 aliphatic heterocycles. The summed E-state index contributed by atoms with van der Waals surface area (Å²) in [6.45, 7) is 1.92. The van der Waals surface area contributed by atoms with E-state index >= 15 is 0 Å². The van der Waals surface area contributed by atoms with Gasteiger partial charge in [0.25, 0.3) is 15.9 Å². The quantitative estimate of drug-likeness (QED) is 0.730. The number of aryl methyl sites for hydroxylation is 2. The average molecular weight is 297 g/mol. The topological polar surface area (TPSA) is 123 Å². The van der Waals surface area contributed by atoms with E-state index in [0.29, 0.717) is 6.42 Å². The molecular formula is C11H15N5O3S. The van der Waals surface area contributed by atoms with Crippen molar-refractivity contribution in [1.82, 2.24) is 14.8 Å². The Bertz CT molecular complexity index is 744. The summed E-state index contributed by atoms with van der Waals surface area (Å²) < 4.78 is 28.0. The molecule has 0 aliphatic rings. The minimum absolute atomic E-state index is 0.0464. The Labute approximate surface area is 116 Å². The fourth-order valence-electron chi connectivity index (χ4n) is 1.72. The van der Waals surface area contributed by atoms with E-state index in [-0.39, 0.29) is 16.4 Å². The normalized spacial score (nSPS) is 11.5. The Kier molecular flexibility index (Phi) is 3.53. The van der Waals surface area contributed by atoms with E-state index < -0.39 is 15.9 Å². The number of nitrogens with zero attached hydrogens (tertiary/aromatic N) is 2. The first-order valence-corrected chi connectivity index (χ1v) is 7.35. The Morgan fingerprint density at radius 3 is 2.70 bits per heavy atom. The highest BCUT2D eigenvalue weighted by Gasteiger charge is 2.20. The van der Waals surface area contributed by atoms with Gasteiger partial charge in [0.1, 0.15) is 10.6 Å². The maximum Gasteiger partial charge on any atom is 0.265 e.